The van der Waals surface area contributed by atoms with Gasteiger partial charge in [0.1, 0.15) is 4.88 Å². The van der Waals surface area contributed by atoms with Gasteiger partial charge in [-0.15, -0.1) is 11.3 Å². The van der Waals surface area contributed by atoms with Crippen LogP contribution in [0, 0.1) is 30.1 Å². The first kappa shape index (κ1) is 19.5. The molecule has 0 radical (unpaired) electrons. The highest BCUT2D eigenvalue weighted by Crippen LogP contribution is 2.60. The summed E-state index contributed by atoms with van der Waals surface area (Å²) >= 11 is 1.55. The molecule has 0 aromatic carbocycles. The number of carbonyl (C=O) groups excluding carboxylic acids is 2. The lowest BCUT2D eigenvalue weighted by atomic mass is 9.49. The van der Waals surface area contributed by atoms with Crippen molar-refractivity contribution in [3.05, 3.63) is 15.6 Å². The quantitative estimate of drug-likeness (QED) is 0.749. The number of hydrogen-bond donors (Lipinski definition) is 0. The lowest BCUT2D eigenvalue weighted by molar-refractivity contribution is -0.159. The Labute approximate surface area is 177 Å². The Morgan fingerprint density at radius 3 is 2.10 bits per heavy atom. The molecule has 4 aliphatic carbocycles. The van der Waals surface area contributed by atoms with Crippen molar-refractivity contribution in [3.8, 4) is 0 Å². The maximum absolute atomic E-state index is 13.5. The number of thiazole rings is 1. The maximum atomic E-state index is 13.5. The van der Waals surface area contributed by atoms with Gasteiger partial charge in [0.05, 0.1) is 16.1 Å². The van der Waals surface area contributed by atoms with Crippen LogP contribution in [-0.2, 0) is 11.2 Å². The molecule has 29 heavy (non-hydrogen) atoms. The predicted octanol–water partition coefficient (Wildman–Crippen LogP) is 3.90. The summed E-state index contributed by atoms with van der Waals surface area (Å²) in [6.45, 7) is 6.75. The Kier molecular flexibility index (Phi) is 4.96. The highest BCUT2D eigenvalue weighted by molar-refractivity contribution is 7.13. The second-order valence-electron chi connectivity index (χ2n) is 10.1. The van der Waals surface area contributed by atoms with E-state index in [-0.39, 0.29) is 11.3 Å². The summed E-state index contributed by atoms with van der Waals surface area (Å²) in [5.74, 6) is 2.88. The van der Waals surface area contributed by atoms with Crippen LogP contribution in [0.3, 0.4) is 0 Å². The Morgan fingerprint density at radius 2 is 1.55 bits per heavy atom. The third-order valence-corrected chi connectivity index (χ3v) is 9.05. The van der Waals surface area contributed by atoms with E-state index in [2.05, 4.69) is 16.8 Å². The zero-order chi connectivity index (χ0) is 20.2. The first-order valence-corrected chi connectivity index (χ1v) is 12.3. The van der Waals surface area contributed by atoms with E-state index in [0.717, 1.165) is 65.4 Å². The fourth-order valence-electron chi connectivity index (χ4n) is 6.94. The second kappa shape index (κ2) is 7.36. The molecule has 6 heteroatoms. The Balaban J connectivity index is 1.23. The van der Waals surface area contributed by atoms with Crippen molar-refractivity contribution in [1.82, 2.24) is 14.8 Å². The predicted molar refractivity (Wildman–Crippen MR) is 114 cm³/mol. The van der Waals surface area contributed by atoms with Gasteiger partial charge in [-0.3, -0.25) is 9.59 Å². The van der Waals surface area contributed by atoms with Crippen molar-refractivity contribution in [2.24, 2.45) is 23.2 Å². The minimum absolute atomic E-state index is 0.0652. The monoisotopic (exact) mass is 415 g/mol. The molecule has 0 spiro atoms. The highest BCUT2D eigenvalue weighted by atomic mass is 32.1. The van der Waals surface area contributed by atoms with Gasteiger partial charge in [0.2, 0.25) is 5.91 Å². The Bertz CT molecular complexity index is 774. The molecule has 0 unspecified atom stereocenters. The average molecular weight is 416 g/mol. The molecule has 1 aromatic rings. The number of aryl methyl sites for hydroxylation is 2. The van der Waals surface area contributed by atoms with Crippen molar-refractivity contribution >= 4 is 23.2 Å². The zero-order valence-corrected chi connectivity index (χ0v) is 18.6. The van der Waals surface area contributed by atoms with Crippen LogP contribution in [0.5, 0.6) is 0 Å². The average Bonchev–Trinajstić information content (AvgIpc) is 3.06. The lowest BCUT2D eigenvalue weighted by Crippen LogP contribution is -2.58. The van der Waals surface area contributed by atoms with Crippen LogP contribution in [0.2, 0.25) is 0 Å². The van der Waals surface area contributed by atoms with Gasteiger partial charge in [-0.05, 0) is 76.0 Å². The minimum atomic E-state index is -0.0652. The molecule has 1 aromatic heterocycles. The van der Waals surface area contributed by atoms with E-state index in [4.69, 9.17) is 0 Å². The van der Waals surface area contributed by atoms with E-state index in [0.29, 0.717) is 32.1 Å². The largest absolute Gasteiger partial charge is 0.339 e. The number of rotatable bonds is 4. The van der Waals surface area contributed by atoms with Crippen LogP contribution < -0.4 is 0 Å². The van der Waals surface area contributed by atoms with E-state index < -0.39 is 0 Å². The summed E-state index contributed by atoms with van der Waals surface area (Å²) < 4.78 is 0. The molecule has 2 amide bonds. The van der Waals surface area contributed by atoms with E-state index in [1.54, 1.807) is 11.3 Å². The normalized spacial score (nSPS) is 33.4. The molecule has 1 aliphatic heterocycles. The molecule has 5 fully saturated rings. The summed E-state index contributed by atoms with van der Waals surface area (Å²) in [5, 5.41) is 1.06. The topological polar surface area (TPSA) is 53.5 Å². The molecule has 0 atom stereocenters. The van der Waals surface area contributed by atoms with Crippen molar-refractivity contribution in [1.29, 1.82) is 0 Å². The number of amides is 2. The first-order chi connectivity index (χ1) is 14.0. The molecule has 2 heterocycles. The van der Waals surface area contributed by atoms with Crippen LogP contribution in [0.4, 0.5) is 0 Å². The highest BCUT2D eigenvalue weighted by Gasteiger charge is 2.55. The lowest BCUT2D eigenvalue weighted by Gasteiger charge is -2.57. The van der Waals surface area contributed by atoms with E-state index in [1.807, 2.05) is 11.8 Å². The van der Waals surface area contributed by atoms with Crippen molar-refractivity contribution in [2.45, 2.75) is 65.2 Å². The molecular formula is C23H33N3O2S. The second-order valence-corrected chi connectivity index (χ2v) is 11.1. The summed E-state index contributed by atoms with van der Waals surface area (Å²) in [5.41, 5.74) is 0.792. The molecular weight excluding hydrogens is 382 g/mol. The summed E-state index contributed by atoms with van der Waals surface area (Å²) in [6, 6.07) is 0. The minimum Gasteiger partial charge on any atom is -0.339 e. The fraction of sp³-hybridized carbons (Fsp3) is 0.783. The third kappa shape index (κ3) is 3.41. The Morgan fingerprint density at radius 1 is 1.00 bits per heavy atom. The van der Waals surface area contributed by atoms with Crippen molar-refractivity contribution in [3.63, 3.8) is 0 Å². The standard InChI is InChI=1S/C23H33N3O2S/c1-3-4-19-24-15(2)20(29-19)21(27)25-5-7-26(8-6-25)22(28)23-12-16-9-17(13-23)11-18(10-16)14-23/h16-18H,3-14H2,1-2H3. The summed E-state index contributed by atoms with van der Waals surface area (Å²) in [6.07, 6.45) is 9.44. The van der Waals surface area contributed by atoms with Crippen LogP contribution in [0.1, 0.15) is 72.2 Å². The molecule has 4 bridgehead atoms. The Hall–Kier alpha value is -1.43. The van der Waals surface area contributed by atoms with E-state index in [9.17, 15) is 9.59 Å². The molecule has 1 saturated heterocycles. The van der Waals surface area contributed by atoms with E-state index in [1.165, 1.54) is 19.3 Å². The van der Waals surface area contributed by atoms with Gasteiger partial charge in [-0.2, -0.15) is 0 Å². The summed E-state index contributed by atoms with van der Waals surface area (Å²) in [4.78, 5) is 35.9. The van der Waals surface area contributed by atoms with Gasteiger partial charge in [-0.1, -0.05) is 6.92 Å². The first-order valence-electron chi connectivity index (χ1n) is 11.5. The fourth-order valence-corrected chi connectivity index (χ4v) is 8.07. The van der Waals surface area contributed by atoms with Gasteiger partial charge >= 0.3 is 0 Å². The number of hydrogen-bond acceptors (Lipinski definition) is 4. The van der Waals surface area contributed by atoms with Gasteiger partial charge in [0.25, 0.3) is 5.91 Å². The number of piperazine rings is 1. The molecule has 4 saturated carbocycles. The zero-order valence-electron chi connectivity index (χ0n) is 17.8. The number of aromatic nitrogens is 1. The van der Waals surface area contributed by atoms with Gasteiger partial charge in [0, 0.05) is 26.2 Å². The number of nitrogens with zero attached hydrogens (tertiary/aromatic N) is 3. The molecule has 5 aliphatic rings. The number of carbonyl (C=O) groups is 2. The van der Waals surface area contributed by atoms with Crippen molar-refractivity contribution in [2.75, 3.05) is 26.2 Å². The van der Waals surface area contributed by atoms with Crippen LogP contribution in [0.15, 0.2) is 0 Å². The smallest absolute Gasteiger partial charge is 0.265 e. The molecule has 6 rings (SSSR count). The molecule has 5 nitrogen and oxygen atoms in total. The van der Waals surface area contributed by atoms with Crippen molar-refractivity contribution < 1.29 is 9.59 Å². The van der Waals surface area contributed by atoms with Crippen LogP contribution in [-0.4, -0.2) is 52.8 Å². The molecule has 0 N–H and O–H groups in total. The van der Waals surface area contributed by atoms with E-state index >= 15 is 0 Å². The SMILES string of the molecule is CCCc1nc(C)c(C(=O)N2CCN(C(=O)C34CC5CC(CC(C5)C3)C4)CC2)s1. The van der Waals surface area contributed by atoms with Crippen LogP contribution in [0.25, 0.3) is 0 Å². The van der Waals surface area contributed by atoms with Gasteiger partial charge in [0.15, 0.2) is 0 Å². The van der Waals surface area contributed by atoms with Crippen LogP contribution >= 0.6 is 11.3 Å². The van der Waals surface area contributed by atoms with Gasteiger partial charge in [-0.25, -0.2) is 4.98 Å². The summed E-state index contributed by atoms with van der Waals surface area (Å²) in [7, 11) is 0. The van der Waals surface area contributed by atoms with Gasteiger partial charge < -0.3 is 9.80 Å². The maximum Gasteiger partial charge on any atom is 0.265 e. The third-order valence-electron chi connectivity index (χ3n) is 7.85. The molecule has 158 valence electrons.